The molecule has 0 saturated heterocycles. The highest BCUT2D eigenvalue weighted by Gasteiger charge is 2.22. The summed E-state index contributed by atoms with van der Waals surface area (Å²) in [6.45, 7) is 0. The van der Waals surface area contributed by atoms with Crippen LogP contribution in [-0.4, -0.2) is 29.9 Å². The Bertz CT molecular complexity index is 3640. The average molecular weight is 813 g/mol. The quantitative estimate of drug-likeness (QED) is 0.158. The molecule has 0 atom stereocenters. The second-order valence-electron chi connectivity index (χ2n) is 15.0. The molecule has 0 amide bonds. The highest BCUT2D eigenvalue weighted by molar-refractivity contribution is 7.26. The SMILES string of the molecule is c1ccc(-c2cccc(-c3nc(-c4ccccc4)nc(-c4cccc5c4oc4cccc(-c6nc(-c7ccccc7)nc(-c7cccc8c7sc7ccccc78)n6)c45)n3)c2)cc1. The summed E-state index contributed by atoms with van der Waals surface area (Å²) in [6, 6.07) is 65.8. The lowest BCUT2D eigenvalue weighted by Crippen LogP contribution is -2.00. The number of nitrogens with zero attached hydrogens (tertiary/aromatic N) is 6. The van der Waals surface area contributed by atoms with E-state index < -0.39 is 0 Å². The van der Waals surface area contributed by atoms with Gasteiger partial charge in [0.1, 0.15) is 11.2 Å². The van der Waals surface area contributed by atoms with Crippen LogP contribution in [0.15, 0.2) is 199 Å². The van der Waals surface area contributed by atoms with E-state index in [1.807, 2.05) is 115 Å². The summed E-state index contributed by atoms with van der Waals surface area (Å²) in [7, 11) is 0. The highest BCUT2D eigenvalue weighted by Crippen LogP contribution is 2.42. The van der Waals surface area contributed by atoms with Crippen LogP contribution in [-0.2, 0) is 0 Å². The van der Waals surface area contributed by atoms with Crippen molar-refractivity contribution in [1.82, 2.24) is 29.9 Å². The number of para-hydroxylation sites is 1. The molecule has 62 heavy (non-hydrogen) atoms. The molecule has 0 spiro atoms. The molecule has 0 N–H and O–H groups in total. The molecule has 12 aromatic rings. The predicted molar refractivity (Wildman–Crippen MR) is 251 cm³/mol. The molecule has 4 aromatic heterocycles. The third-order valence-electron chi connectivity index (χ3n) is 11.2. The third-order valence-corrected chi connectivity index (χ3v) is 12.4. The Morgan fingerprint density at radius 1 is 0.323 bits per heavy atom. The van der Waals surface area contributed by atoms with E-state index in [9.17, 15) is 0 Å². The lowest BCUT2D eigenvalue weighted by Gasteiger charge is -2.10. The molecular formula is C54H32N6OS. The van der Waals surface area contributed by atoms with Gasteiger partial charge in [-0.15, -0.1) is 11.3 Å². The van der Waals surface area contributed by atoms with Crippen molar-refractivity contribution in [2.45, 2.75) is 0 Å². The molecule has 290 valence electrons. The van der Waals surface area contributed by atoms with E-state index in [1.165, 1.54) is 15.5 Å². The van der Waals surface area contributed by atoms with Crippen molar-refractivity contribution in [3.05, 3.63) is 194 Å². The van der Waals surface area contributed by atoms with Gasteiger partial charge in [-0.1, -0.05) is 164 Å². The monoisotopic (exact) mass is 812 g/mol. The van der Waals surface area contributed by atoms with Crippen LogP contribution in [0.25, 0.3) is 122 Å². The van der Waals surface area contributed by atoms with Gasteiger partial charge >= 0.3 is 0 Å². The normalized spacial score (nSPS) is 11.5. The van der Waals surface area contributed by atoms with Gasteiger partial charge in [0.05, 0.1) is 5.56 Å². The predicted octanol–water partition coefficient (Wildman–Crippen LogP) is 14.0. The van der Waals surface area contributed by atoms with Crippen LogP contribution in [0.3, 0.4) is 0 Å². The number of fused-ring (bicyclic) bond motifs is 6. The van der Waals surface area contributed by atoms with Gasteiger partial charge in [-0.2, -0.15) is 0 Å². The number of furan rings is 1. The van der Waals surface area contributed by atoms with Gasteiger partial charge in [-0.3, -0.25) is 0 Å². The zero-order valence-corrected chi connectivity index (χ0v) is 33.8. The van der Waals surface area contributed by atoms with E-state index in [0.717, 1.165) is 60.0 Å². The van der Waals surface area contributed by atoms with E-state index in [4.69, 9.17) is 34.3 Å². The van der Waals surface area contributed by atoms with Crippen LogP contribution in [0.4, 0.5) is 0 Å². The van der Waals surface area contributed by atoms with E-state index >= 15 is 0 Å². The Balaban J connectivity index is 1.05. The fourth-order valence-electron chi connectivity index (χ4n) is 8.28. The first-order chi connectivity index (χ1) is 30.7. The lowest BCUT2D eigenvalue weighted by molar-refractivity contribution is 0.669. The molecule has 12 rings (SSSR count). The fraction of sp³-hybridized carbons (Fsp3) is 0. The Morgan fingerprint density at radius 3 is 1.52 bits per heavy atom. The number of rotatable bonds is 7. The minimum Gasteiger partial charge on any atom is -0.455 e. The van der Waals surface area contributed by atoms with Crippen molar-refractivity contribution < 1.29 is 4.42 Å². The Hall–Kier alpha value is -8.20. The molecule has 8 aromatic carbocycles. The number of benzene rings is 8. The van der Waals surface area contributed by atoms with E-state index in [-0.39, 0.29) is 0 Å². The molecule has 7 nitrogen and oxygen atoms in total. The number of hydrogen-bond acceptors (Lipinski definition) is 8. The average Bonchev–Trinajstić information content (AvgIpc) is 3.94. The Morgan fingerprint density at radius 2 is 0.790 bits per heavy atom. The van der Waals surface area contributed by atoms with Crippen LogP contribution in [0.1, 0.15) is 0 Å². The van der Waals surface area contributed by atoms with Crippen molar-refractivity contribution in [1.29, 1.82) is 0 Å². The maximum absolute atomic E-state index is 6.82. The minimum absolute atomic E-state index is 0.510. The smallest absolute Gasteiger partial charge is 0.167 e. The zero-order valence-electron chi connectivity index (χ0n) is 33.0. The van der Waals surface area contributed by atoms with Gasteiger partial charge in [0.2, 0.25) is 0 Å². The molecule has 0 aliphatic rings. The van der Waals surface area contributed by atoms with Crippen LogP contribution < -0.4 is 0 Å². The van der Waals surface area contributed by atoms with Gasteiger partial charge in [-0.25, -0.2) is 29.9 Å². The molecule has 0 saturated carbocycles. The summed E-state index contributed by atoms with van der Waals surface area (Å²) in [4.78, 5) is 30.8. The maximum Gasteiger partial charge on any atom is 0.167 e. The Kier molecular flexibility index (Phi) is 8.53. The van der Waals surface area contributed by atoms with E-state index in [0.29, 0.717) is 46.1 Å². The molecule has 0 radical (unpaired) electrons. The Labute approximate surface area is 359 Å². The van der Waals surface area contributed by atoms with Crippen molar-refractivity contribution >= 4 is 53.4 Å². The molecule has 0 aliphatic heterocycles. The van der Waals surface area contributed by atoms with Gasteiger partial charge in [0.15, 0.2) is 34.9 Å². The number of aromatic nitrogens is 6. The van der Waals surface area contributed by atoms with Gasteiger partial charge in [0, 0.05) is 58.8 Å². The second kappa shape index (κ2) is 14.8. The zero-order chi connectivity index (χ0) is 41.0. The first-order valence-electron chi connectivity index (χ1n) is 20.4. The molecular weight excluding hydrogens is 781 g/mol. The molecule has 0 bridgehead atoms. The molecule has 0 fully saturated rings. The van der Waals surface area contributed by atoms with Crippen molar-refractivity contribution in [3.8, 4) is 79.5 Å². The molecule has 8 heteroatoms. The van der Waals surface area contributed by atoms with Crippen molar-refractivity contribution in [2.75, 3.05) is 0 Å². The van der Waals surface area contributed by atoms with Crippen LogP contribution in [0.2, 0.25) is 0 Å². The van der Waals surface area contributed by atoms with Crippen LogP contribution >= 0.6 is 11.3 Å². The van der Waals surface area contributed by atoms with Crippen molar-refractivity contribution in [2.24, 2.45) is 0 Å². The molecule has 4 heterocycles. The summed E-state index contributed by atoms with van der Waals surface area (Å²) in [5.41, 5.74) is 8.80. The van der Waals surface area contributed by atoms with Gasteiger partial charge < -0.3 is 4.42 Å². The fourth-order valence-corrected chi connectivity index (χ4v) is 9.49. The molecule has 0 aliphatic carbocycles. The van der Waals surface area contributed by atoms with Gasteiger partial charge in [-0.05, 0) is 41.5 Å². The van der Waals surface area contributed by atoms with Crippen molar-refractivity contribution in [3.63, 3.8) is 0 Å². The standard InChI is InChI=1S/C54H32N6OS/c1-4-16-33(17-5-1)36-22-12-23-37(32-36)51-55-49(34-18-6-2-7-19-34)57-53(59-51)42-28-14-26-40-46-41(27-15-30-44(46)61-47(40)42)52-56-50(35-20-8-3-9-21-35)58-54(60-52)43-29-13-25-39-38-24-10-11-31-45(38)62-48(39)43/h1-32H. The highest BCUT2D eigenvalue weighted by atomic mass is 32.1. The van der Waals surface area contributed by atoms with Crippen LogP contribution in [0.5, 0.6) is 0 Å². The summed E-state index contributed by atoms with van der Waals surface area (Å²) in [6.07, 6.45) is 0. The lowest BCUT2D eigenvalue weighted by atomic mass is 10.0. The summed E-state index contributed by atoms with van der Waals surface area (Å²) < 4.78 is 9.18. The largest absolute Gasteiger partial charge is 0.455 e. The van der Waals surface area contributed by atoms with Gasteiger partial charge in [0.25, 0.3) is 0 Å². The van der Waals surface area contributed by atoms with E-state index in [1.54, 1.807) is 11.3 Å². The van der Waals surface area contributed by atoms with E-state index in [2.05, 4.69) is 78.9 Å². The number of hydrogen-bond donors (Lipinski definition) is 0. The van der Waals surface area contributed by atoms with Crippen LogP contribution in [0, 0.1) is 0 Å². The summed E-state index contributed by atoms with van der Waals surface area (Å²) in [5.74, 6) is 3.41. The minimum atomic E-state index is 0.510. The summed E-state index contributed by atoms with van der Waals surface area (Å²) in [5, 5.41) is 4.20. The first-order valence-corrected chi connectivity index (χ1v) is 21.2. The second-order valence-corrected chi connectivity index (χ2v) is 16.1. The topological polar surface area (TPSA) is 90.5 Å². The maximum atomic E-state index is 6.82. The number of thiophene rings is 1. The molecule has 0 unspecified atom stereocenters. The summed E-state index contributed by atoms with van der Waals surface area (Å²) >= 11 is 1.76. The third kappa shape index (κ3) is 6.20. The first kappa shape index (κ1) is 35.7.